The molecule has 1 heterocycles. The molecule has 1 saturated heterocycles. The van der Waals surface area contributed by atoms with Crippen LogP contribution in [0, 0.1) is 23.7 Å². The number of cyclic esters (lactones) is 1. The largest absolute Gasteiger partial charge is 0.465 e. The smallest absolute Gasteiger partial charge is 0.309 e. The van der Waals surface area contributed by atoms with E-state index in [0.717, 1.165) is 57.8 Å². The van der Waals surface area contributed by atoms with E-state index in [0.29, 0.717) is 24.4 Å². The van der Waals surface area contributed by atoms with Gasteiger partial charge in [0.05, 0.1) is 24.7 Å². The van der Waals surface area contributed by atoms with Gasteiger partial charge in [0.1, 0.15) is 0 Å². The summed E-state index contributed by atoms with van der Waals surface area (Å²) in [4.78, 5) is 12.1. The van der Waals surface area contributed by atoms with Gasteiger partial charge in [0.2, 0.25) is 0 Å². The fourth-order valence-corrected chi connectivity index (χ4v) is 4.87. The average Bonchev–Trinajstić information content (AvgIpc) is 2.80. The molecule has 126 valence electrons. The summed E-state index contributed by atoms with van der Waals surface area (Å²) in [5, 5.41) is 19.7. The number of hydrogen-bond acceptors (Lipinski definition) is 4. The van der Waals surface area contributed by atoms with Gasteiger partial charge >= 0.3 is 5.97 Å². The highest BCUT2D eigenvalue weighted by Gasteiger charge is 2.40. The predicted octanol–water partition coefficient (Wildman–Crippen LogP) is 2.66. The van der Waals surface area contributed by atoms with Gasteiger partial charge < -0.3 is 14.9 Å². The Hall–Kier alpha value is -0.610. The second-order valence-electron chi connectivity index (χ2n) is 7.84. The fourth-order valence-electron chi connectivity index (χ4n) is 4.87. The summed E-state index contributed by atoms with van der Waals surface area (Å²) in [5.74, 6) is 1.33. The van der Waals surface area contributed by atoms with Crippen molar-refractivity contribution in [3.8, 4) is 0 Å². The van der Waals surface area contributed by atoms with Crippen LogP contribution in [0.2, 0.25) is 0 Å². The molecule has 22 heavy (non-hydrogen) atoms. The van der Waals surface area contributed by atoms with Gasteiger partial charge in [-0.3, -0.25) is 4.79 Å². The maximum absolute atomic E-state index is 12.1. The summed E-state index contributed by atoms with van der Waals surface area (Å²) in [6.45, 7) is 0.561. The van der Waals surface area contributed by atoms with E-state index in [1.807, 2.05) is 0 Å². The highest BCUT2D eigenvalue weighted by molar-refractivity contribution is 5.74. The molecule has 4 unspecified atom stereocenters. The Balaban J connectivity index is 1.55. The topological polar surface area (TPSA) is 66.8 Å². The van der Waals surface area contributed by atoms with E-state index in [4.69, 9.17) is 4.74 Å². The van der Waals surface area contributed by atoms with Crippen molar-refractivity contribution < 1.29 is 19.7 Å². The number of esters is 1. The summed E-state index contributed by atoms with van der Waals surface area (Å²) in [7, 11) is 0. The van der Waals surface area contributed by atoms with Gasteiger partial charge in [0.25, 0.3) is 0 Å². The first kappa shape index (κ1) is 16.3. The summed E-state index contributed by atoms with van der Waals surface area (Å²) in [5.41, 5.74) is 0. The zero-order valence-electron chi connectivity index (χ0n) is 13.5. The van der Waals surface area contributed by atoms with Gasteiger partial charge in [-0.2, -0.15) is 0 Å². The molecule has 0 amide bonds. The highest BCUT2D eigenvalue weighted by Crippen LogP contribution is 2.39. The van der Waals surface area contributed by atoms with Crippen LogP contribution in [0.15, 0.2) is 0 Å². The first-order valence-corrected chi connectivity index (χ1v) is 9.14. The van der Waals surface area contributed by atoms with Crippen molar-refractivity contribution >= 4 is 5.97 Å². The molecule has 0 radical (unpaired) electrons. The van der Waals surface area contributed by atoms with E-state index in [1.165, 1.54) is 6.42 Å². The van der Waals surface area contributed by atoms with Gasteiger partial charge in [0, 0.05) is 5.92 Å². The Bertz CT molecular complexity index is 383. The number of hydrogen-bond donors (Lipinski definition) is 2. The van der Waals surface area contributed by atoms with E-state index < -0.39 is 0 Å². The van der Waals surface area contributed by atoms with Crippen LogP contribution in [0.3, 0.4) is 0 Å². The maximum Gasteiger partial charge on any atom is 0.309 e. The van der Waals surface area contributed by atoms with Gasteiger partial charge in [-0.25, -0.2) is 0 Å². The third kappa shape index (κ3) is 4.02. The third-order valence-electron chi connectivity index (χ3n) is 6.05. The molecule has 2 saturated carbocycles. The number of aliphatic hydroxyl groups excluding tert-OH is 2. The van der Waals surface area contributed by atoms with Crippen LogP contribution in [0.25, 0.3) is 0 Å². The Morgan fingerprint density at radius 2 is 1.50 bits per heavy atom. The molecule has 2 N–H and O–H groups in total. The summed E-state index contributed by atoms with van der Waals surface area (Å²) < 4.78 is 5.35. The van der Waals surface area contributed by atoms with Gasteiger partial charge in [-0.1, -0.05) is 25.7 Å². The average molecular weight is 310 g/mol. The molecule has 0 bridgehead atoms. The Labute approximate surface area is 133 Å². The van der Waals surface area contributed by atoms with Crippen LogP contribution in [0.1, 0.15) is 64.2 Å². The first-order chi connectivity index (χ1) is 10.6. The van der Waals surface area contributed by atoms with Crippen molar-refractivity contribution in [3.63, 3.8) is 0 Å². The predicted molar refractivity (Wildman–Crippen MR) is 83.1 cm³/mol. The summed E-state index contributed by atoms with van der Waals surface area (Å²) in [6.07, 6.45) is 9.64. The first-order valence-electron chi connectivity index (χ1n) is 9.14. The summed E-state index contributed by atoms with van der Waals surface area (Å²) in [6, 6.07) is 0. The fraction of sp³-hybridized carbons (Fsp3) is 0.944. The van der Waals surface area contributed by atoms with Crippen molar-refractivity contribution in [2.75, 3.05) is 6.61 Å². The molecule has 0 aromatic rings. The quantitative estimate of drug-likeness (QED) is 0.783. The van der Waals surface area contributed by atoms with E-state index >= 15 is 0 Å². The number of ether oxygens (including phenoxy) is 1. The van der Waals surface area contributed by atoms with Crippen molar-refractivity contribution in [1.82, 2.24) is 0 Å². The van der Waals surface area contributed by atoms with Crippen molar-refractivity contribution in [2.45, 2.75) is 76.4 Å². The normalized spacial score (nSPS) is 43.1. The minimum absolute atomic E-state index is 0.0226. The van der Waals surface area contributed by atoms with Crippen LogP contribution in [0.4, 0.5) is 0 Å². The monoisotopic (exact) mass is 310 g/mol. The standard InChI is InChI=1S/C18H30O4/c19-15-5-1-3-12(8-15)7-14-11-22-18(21)17(14)10-13-4-2-6-16(20)9-13/h12-17,19-20H,1-11H2/t12?,13?,14-,15?,16?,17+/m1/s1. The number of aliphatic hydroxyl groups is 2. The van der Waals surface area contributed by atoms with Crippen molar-refractivity contribution in [3.05, 3.63) is 0 Å². The SMILES string of the molecule is O=C1OC[C@@H](CC2CCCC(O)C2)[C@@H]1CC1CCCC(O)C1. The molecular formula is C18H30O4. The Morgan fingerprint density at radius 1 is 0.909 bits per heavy atom. The molecule has 0 aromatic carbocycles. The molecule has 0 spiro atoms. The molecule has 2 aliphatic carbocycles. The van der Waals surface area contributed by atoms with E-state index in [2.05, 4.69) is 0 Å². The molecular weight excluding hydrogens is 280 g/mol. The van der Waals surface area contributed by atoms with E-state index in [1.54, 1.807) is 0 Å². The second kappa shape index (κ2) is 7.31. The van der Waals surface area contributed by atoms with Gasteiger partial charge in [-0.15, -0.1) is 0 Å². The Kier molecular flexibility index (Phi) is 5.40. The molecule has 0 aromatic heterocycles. The maximum atomic E-state index is 12.1. The lowest BCUT2D eigenvalue weighted by Gasteiger charge is -2.31. The lowest BCUT2D eigenvalue weighted by Crippen LogP contribution is -2.28. The minimum atomic E-state index is -0.178. The van der Waals surface area contributed by atoms with E-state index in [-0.39, 0.29) is 24.1 Å². The van der Waals surface area contributed by atoms with E-state index in [9.17, 15) is 15.0 Å². The Morgan fingerprint density at radius 3 is 2.09 bits per heavy atom. The minimum Gasteiger partial charge on any atom is -0.465 e. The third-order valence-corrected chi connectivity index (χ3v) is 6.05. The molecule has 4 heteroatoms. The van der Waals surface area contributed by atoms with Crippen LogP contribution in [0.5, 0.6) is 0 Å². The molecule has 6 atom stereocenters. The van der Waals surface area contributed by atoms with Crippen LogP contribution in [-0.4, -0.2) is 35.0 Å². The zero-order valence-corrected chi connectivity index (χ0v) is 13.5. The lowest BCUT2D eigenvalue weighted by molar-refractivity contribution is -0.141. The number of carbonyl (C=O) groups excluding carboxylic acids is 1. The van der Waals surface area contributed by atoms with Crippen molar-refractivity contribution in [1.29, 1.82) is 0 Å². The van der Waals surface area contributed by atoms with Gasteiger partial charge in [0.15, 0.2) is 0 Å². The van der Waals surface area contributed by atoms with Crippen molar-refractivity contribution in [2.24, 2.45) is 23.7 Å². The number of rotatable bonds is 4. The molecule has 3 rings (SSSR count). The summed E-state index contributed by atoms with van der Waals surface area (Å²) >= 11 is 0. The molecule has 1 aliphatic heterocycles. The van der Waals surface area contributed by atoms with Crippen LogP contribution >= 0.6 is 0 Å². The van der Waals surface area contributed by atoms with Gasteiger partial charge in [-0.05, 0) is 50.4 Å². The number of carbonyl (C=O) groups is 1. The molecule has 3 fully saturated rings. The zero-order chi connectivity index (χ0) is 15.5. The van der Waals surface area contributed by atoms with Crippen LogP contribution in [-0.2, 0) is 9.53 Å². The molecule has 4 nitrogen and oxygen atoms in total. The van der Waals surface area contributed by atoms with Crippen LogP contribution < -0.4 is 0 Å². The molecule has 3 aliphatic rings. The highest BCUT2D eigenvalue weighted by atomic mass is 16.5. The second-order valence-corrected chi connectivity index (χ2v) is 7.84. The lowest BCUT2D eigenvalue weighted by atomic mass is 9.74.